The van der Waals surface area contributed by atoms with Gasteiger partial charge in [0.15, 0.2) is 0 Å². The second kappa shape index (κ2) is 7.32. The van der Waals surface area contributed by atoms with Crippen LogP contribution < -0.4 is 0 Å². The predicted octanol–water partition coefficient (Wildman–Crippen LogP) is 1.19. The normalized spacial score (nSPS) is 10.8. The van der Waals surface area contributed by atoms with Gasteiger partial charge in [0.05, 0.1) is 0 Å². The lowest BCUT2D eigenvalue weighted by atomic mass is 10.4. The van der Waals surface area contributed by atoms with Crippen molar-refractivity contribution >= 4 is 11.6 Å². The number of hydrogen-bond donors (Lipinski definition) is 0. The fraction of sp³-hybridized carbons (Fsp3) is 1.00. The van der Waals surface area contributed by atoms with Gasteiger partial charge in [-0.25, -0.2) is 0 Å². The molecule has 0 saturated carbocycles. The van der Waals surface area contributed by atoms with Gasteiger partial charge in [-0.3, -0.25) is 0 Å². The lowest BCUT2D eigenvalue weighted by Gasteiger charge is -2.13. The Labute approximate surface area is 68.1 Å². The minimum atomic E-state index is 0.712. The summed E-state index contributed by atoms with van der Waals surface area (Å²) >= 11 is 5.54. The van der Waals surface area contributed by atoms with Crippen LogP contribution in [0.5, 0.6) is 0 Å². The van der Waals surface area contributed by atoms with Gasteiger partial charge in [0, 0.05) is 32.7 Å². The van der Waals surface area contributed by atoms with Crippen molar-refractivity contribution in [1.29, 1.82) is 0 Å². The molecule has 0 bridgehead atoms. The maximum absolute atomic E-state index is 5.54. The van der Waals surface area contributed by atoms with Gasteiger partial charge in [-0.1, -0.05) is 0 Å². The zero-order chi connectivity index (χ0) is 7.82. The summed E-state index contributed by atoms with van der Waals surface area (Å²) in [5.74, 6) is 0.712. The molecule has 0 radical (unpaired) electrons. The molecule has 0 fully saturated rings. The molecule has 0 amide bonds. The molecule has 0 atom stereocenters. The molecular formula is C7H16ClNO. The van der Waals surface area contributed by atoms with Gasteiger partial charge in [-0.05, 0) is 13.5 Å². The van der Waals surface area contributed by atoms with Crippen LogP contribution in [0.3, 0.4) is 0 Å². The molecule has 0 N–H and O–H groups in total. The summed E-state index contributed by atoms with van der Waals surface area (Å²) in [6.45, 7) is 2.87. The molecule has 0 aromatic carbocycles. The predicted molar refractivity (Wildman–Crippen MR) is 44.7 cm³/mol. The van der Waals surface area contributed by atoms with Crippen LogP contribution >= 0.6 is 11.6 Å². The van der Waals surface area contributed by atoms with Gasteiger partial charge >= 0.3 is 0 Å². The molecule has 62 valence electrons. The van der Waals surface area contributed by atoms with E-state index in [0.29, 0.717) is 5.88 Å². The largest absolute Gasteiger partial charge is 0.385 e. The molecule has 3 heteroatoms. The van der Waals surface area contributed by atoms with Crippen LogP contribution in [0.1, 0.15) is 6.42 Å². The van der Waals surface area contributed by atoms with E-state index in [1.54, 1.807) is 7.11 Å². The monoisotopic (exact) mass is 165 g/mol. The van der Waals surface area contributed by atoms with E-state index >= 15 is 0 Å². The van der Waals surface area contributed by atoms with Crippen LogP contribution in [-0.4, -0.2) is 44.6 Å². The van der Waals surface area contributed by atoms with E-state index in [1.807, 2.05) is 0 Å². The molecule has 0 aromatic heterocycles. The number of halogens is 1. The second-order valence-electron chi connectivity index (χ2n) is 2.34. The third kappa shape index (κ3) is 6.33. The Morgan fingerprint density at radius 2 is 2.10 bits per heavy atom. The highest BCUT2D eigenvalue weighted by atomic mass is 35.5. The molecule has 0 heterocycles. The van der Waals surface area contributed by atoms with Crippen molar-refractivity contribution in [2.45, 2.75) is 6.42 Å². The Balaban J connectivity index is 2.97. The molecule has 0 aliphatic rings. The summed E-state index contributed by atoms with van der Waals surface area (Å²) in [7, 11) is 3.79. The number of ether oxygens (including phenoxy) is 1. The maximum Gasteiger partial charge on any atom is 0.0474 e. The van der Waals surface area contributed by atoms with Crippen molar-refractivity contribution in [3.63, 3.8) is 0 Å². The third-order valence-corrected chi connectivity index (χ3v) is 1.52. The third-order valence-electron chi connectivity index (χ3n) is 1.35. The number of rotatable bonds is 6. The van der Waals surface area contributed by atoms with Crippen molar-refractivity contribution < 1.29 is 4.74 Å². The summed E-state index contributed by atoms with van der Waals surface area (Å²) in [5.41, 5.74) is 0. The number of hydrogen-bond acceptors (Lipinski definition) is 2. The van der Waals surface area contributed by atoms with E-state index in [-0.39, 0.29) is 0 Å². The molecule has 0 aliphatic carbocycles. The Bertz CT molecular complexity index is 70.6. The zero-order valence-corrected chi connectivity index (χ0v) is 7.52. The van der Waals surface area contributed by atoms with Gasteiger partial charge in [-0.2, -0.15) is 0 Å². The van der Waals surface area contributed by atoms with Crippen molar-refractivity contribution in [3.8, 4) is 0 Å². The van der Waals surface area contributed by atoms with E-state index in [4.69, 9.17) is 16.3 Å². The SMILES string of the molecule is COCCCN(C)CCCl. The fourth-order valence-corrected chi connectivity index (χ4v) is 1.02. The highest BCUT2D eigenvalue weighted by Crippen LogP contribution is 1.88. The van der Waals surface area contributed by atoms with Gasteiger partial charge in [0.2, 0.25) is 0 Å². The molecule has 10 heavy (non-hydrogen) atoms. The van der Waals surface area contributed by atoms with Crippen molar-refractivity contribution in [2.75, 3.05) is 39.7 Å². The number of alkyl halides is 1. The number of nitrogens with zero attached hydrogens (tertiary/aromatic N) is 1. The lowest BCUT2D eigenvalue weighted by Crippen LogP contribution is -2.22. The molecule has 0 unspecified atom stereocenters. The van der Waals surface area contributed by atoms with Crippen LogP contribution in [-0.2, 0) is 4.74 Å². The minimum absolute atomic E-state index is 0.712. The van der Waals surface area contributed by atoms with Gasteiger partial charge < -0.3 is 9.64 Å². The molecule has 0 spiro atoms. The zero-order valence-electron chi connectivity index (χ0n) is 6.77. The highest BCUT2D eigenvalue weighted by molar-refractivity contribution is 6.18. The summed E-state index contributed by atoms with van der Waals surface area (Å²) in [5, 5.41) is 0. The summed E-state index contributed by atoms with van der Waals surface area (Å²) in [6, 6.07) is 0. The van der Waals surface area contributed by atoms with Crippen molar-refractivity contribution in [1.82, 2.24) is 4.90 Å². The summed E-state index contributed by atoms with van der Waals surface area (Å²) in [4.78, 5) is 2.20. The summed E-state index contributed by atoms with van der Waals surface area (Å²) < 4.78 is 4.91. The van der Waals surface area contributed by atoms with Crippen LogP contribution in [0.2, 0.25) is 0 Å². The Kier molecular flexibility index (Phi) is 7.47. The first kappa shape index (κ1) is 10.2. The first-order valence-electron chi connectivity index (χ1n) is 3.54. The summed E-state index contributed by atoms with van der Waals surface area (Å²) in [6.07, 6.45) is 1.09. The van der Waals surface area contributed by atoms with Crippen LogP contribution in [0.25, 0.3) is 0 Å². The molecule has 0 rings (SSSR count). The van der Waals surface area contributed by atoms with E-state index < -0.39 is 0 Å². The molecule has 2 nitrogen and oxygen atoms in total. The van der Waals surface area contributed by atoms with Gasteiger partial charge in [0.1, 0.15) is 0 Å². The van der Waals surface area contributed by atoms with Gasteiger partial charge in [0.25, 0.3) is 0 Å². The average molecular weight is 166 g/mol. The molecule has 0 saturated heterocycles. The molecule has 0 aromatic rings. The molecule has 0 aliphatic heterocycles. The fourth-order valence-electron chi connectivity index (χ4n) is 0.735. The quantitative estimate of drug-likeness (QED) is 0.433. The Hall–Kier alpha value is 0.210. The highest BCUT2D eigenvalue weighted by Gasteiger charge is 1.94. The van der Waals surface area contributed by atoms with Crippen molar-refractivity contribution in [2.24, 2.45) is 0 Å². The van der Waals surface area contributed by atoms with Crippen molar-refractivity contribution in [3.05, 3.63) is 0 Å². The van der Waals surface area contributed by atoms with Crippen LogP contribution in [0, 0.1) is 0 Å². The van der Waals surface area contributed by atoms with Crippen LogP contribution in [0.15, 0.2) is 0 Å². The topological polar surface area (TPSA) is 12.5 Å². The van der Waals surface area contributed by atoms with E-state index in [0.717, 1.165) is 26.1 Å². The smallest absolute Gasteiger partial charge is 0.0474 e. The second-order valence-corrected chi connectivity index (χ2v) is 2.72. The van der Waals surface area contributed by atoms with E-state index in [1.165, 1.54) is 0 Å². The Morgan fingerprint density at radius 1 is 1.40 bits per heavy atom. The maximum atomic E-state index is 5.54. The first-order chi connectivity index (χ1) is 4.81. The van der Waals surface area contributed by atoms with Crippen LogP contribution in [0.4, 0.5) is 0 Å². The standard InChI is InChI=1S/C7H16ClNO/c1-9(6-4-8)5-3-7-10-2/h3-7H2,1-2H3. The van der Waals surface area contributed by atoms with Gasteiger partial charge in [-0.15, -0.1) is 11.6 Å². The Morgan fingerprint density at radius 3 is 2.60 bits per heavy atom. The lowest BCUT2D eigenvalue weighted by molar-refractivity contribution is 0.181. The number of methoxy groups -OCH3 is 1. The van der Waals surface area contributed by atoms with E-state index in [9.17, 15) is 0 Å². The first-order valence-corrected chi connectivity index (χ1v) is 4.08. The minimum Gasteiger partial charge on any atom is -0.385 e. The van der Waals surface area contributed by atoms with E-state index in [2.05, 4.69) is 11.9 Å². The molecular weight excluding hydrogens is 150 g/mol. The average Bonchev–Trinajstić information content (AvgIpc) is 1.89.